The zero-order chi connectivity index (χ0) is 12.5. The minimum Gasteiger partial charge on any atom is -0.315 e. The Morgan fingerprint density at radius 3 is 2.82 bits per heavy atom. The third-order valence-corrected chi connectivity index (χ3v) is 6.63. The Balaban J connectivity index is 2.28. The van der Waals surface area contributed by atoms with Crippen molar-refractivity contribution in [2.45, 2.75) is 17.6 Å². The van der Waals surface area contributed by atoms with Crippen LogP contribution in [0.15, 0.2) is 10.3 Å². The summed E-state index contributed by atoms with van der Waals surface area (Å²) in [5.74, 6) is 0. The van der Waals surface area contributed by atoms with Gasteiger partial charge in [-0.3, -0.25) is 0 Å². The number of thiophene rings is 1. The van der Waals surface area contributed by atoms with E-state index in [2.05, 4.69) is 5.32 Å². The summed E-state index contributed by atoms with van der Waals surface area (Å²) in [6.45, 7) is 4.50. The maximum atomic E-state index is 12.4. The molecule has 0 atom stereocenters. The van der Waals surface area contributed by atoms with E-state index >= 15 is 0 Å². The summed E-state index contributed by atoms with van der Waals surface area (Å²) in [5, 5.41) is 3.19. The van der Waals surface area contributed by atoms with Gasteiger partial charge in [0.2, 0.25) is 0 Å². The van der Waals surface area contributed by atoms with Gasteiger partial charge in [-0.15, -0.1) is 11.3 Å². The maximum Gasteiger partial charge on any atom is 0.252 e. The average Bonchev–Trinajstić information content (AvgIpc) is 2.54. The summed E-state index contributed by atoms with van der Waals surface area (Å²) in [4.78, 5) is 0. The van der Waals surface area contributed by atoms with Crippen LogP contribution in [0.5, 0.6) is 0 Å². The molecule has 1 aromatic heterocycles. The molecule has 0 unspecified atom stereocenters. The van der Waals surface area contributed by atoms with Gasteiger partial charge in [0.25, 0.3) is 10.0 Å². The molecule has 1 N–H and O–H groups in total. The summed E-state index contributed by atoms with van der Waals surface area (Å²) < 4.78 is 27.1. The first-order valence-corrected chi connectivity index (χ1v) is 8.12. The summed E-state index contributed by atoms with van der Waals surface area (Å²) in [6.07, 6.45) is 0.845. The first kappa shape index (κ1) is 13.3. The number of nitrogens with one attached hydrogen (secondary N) is 1. The molecule has 4 nitrogen and oxygen atoms in total. The molecule has 1 fully saturated rings. The van der Waals surface area contributed by atoms with E-state index in [1.54, 1.807) is 6.07 Å². The van der Waals surface area contributed by atoms with Gasteiger partial charge in [0.05, 0.1) is 4.34 Å². The van der Waals surface area contributed by atoms with Gasteiger partial charge in [0.15, 0.2) is 0 Å². The maximum absolute atomic E-state index is 12.4. The highest BCUT2D eigenvalue weighted by molar-refractivity contribution is 7.91. The summed E-state index contributed by atoms with van der Waals surface area (Å²) in [7, 11) is -3.36. The third-order valence-electron chi connectivity index (χ3n) is 2.73. The minimum absolute atomic E-state index is 0.349. The van der Waals surface area contributed by atoms with Crippen LogP contribution in [0.2, 0.25) is 4.34 Å². The van der Waals surface area contributed by atoms with Gasteiger partial charge in [-0.1, -0.05) is 11.6 Å². The SMILES string of the molecule is Cc1cc(S(=O)(=O)N2CCCNCC2)sc1Cl. The van der Waals surface area contributed by atoms with Gasteiger partial charge in [-0.05, 0) is 31.5 Å². The lowest BCUT2D eigenvalue weighted by Gasteiger charge is -2.18. The largest absolute Gasteiger partial charge is 0.315 e. The molecule has 0 bridgehead atoms. The van der Waals surface area contributed by atoms with Crippen LogP contribution in [0, 0.1) is 6.92 Å². The van der Waals surface area contributed by atoms with E-state index < -0.39 is 10.0 Å². The molecular formula is C10H15ClN2O2S2. The number of sulfonamides is 1. The predicted octanol–water partition coefficient (Wildman–Crippen LogP) is 1.69. The number of aryl methyl sites for hydroxylation is 1. The smallest absolute Gasteiger partial charge is 0.252 e. The number of hydrogen-bond donors (Lipinski definition) is 1. The molecule has 1 aromatic rings. The number of halogens is 1. The van der Waals surface area contributed by atoms with Crippen LogP contribution in [-0.4, -0.2) is 38.9 Å². The zero-order valence-electron chi connectivity index (χ0n) is 9.57. The molecule has 0 radical (unpaired) electrons. The molecule has 0 spiro atoms. The molecular weight excluding hydrogens is 280 g/mol. The van der Waals surface area contributed by atoms with Gasteiger partial charge in [0.1, 0.15) is 4.21 Å². The van der Waals surface area contributed by atoms with Crippen molar-refractivity contribution in [1.29, 1.82) is 0 Å². The lowest BCUT2D eigenvalue weighted by atomic mass is 10.4. The highest BCUT2D eigenvalue weighted by Gasteiger charge is 2.27. The van der Waals surface area contributed by atoms with Crippen LogP contribution in [0.25, 0.3) is 0 Å². The molecule has 1 aliphatic rings. The number of hydrogen-bond acceptors (Lipinski definition) is 4. The molecule has 7 heteroatoms. The lowest BCUT2D eigenvalue weighted by molar-refractivity contribution is 0.433. The molecule has 0 aromatic carbocycles. The fraction of sp³-hybridized carbons (Fsp3) is 0.600. The van der Waals surface area contributed by atoms with Crippen LogP contribution in [0.1, 0.15) is 12.0 Å². The predicted molar refractivity (Wildman–Crippen MR) is 70.3 cm³/mol. The first-order valence-electron chi connectivity index (χ1n) is 5.48. The van der Waals surface area contributed by atoms with Crippen LogP contribution >= 0.6 is 22.9 Å². The van der Waals surface area contributed by atoms with Gasteiger partial charge in [0, 0.05) is 19.6 Å². The van der Waals surface area contributed by atoms with Crippen molar-refractivity contribution < 1.29 is 8.42 Å². The van der Waals surface area contributed by atoms with E-state index in [1.807, 2.05) is 6.92 Å². The van der Waals surface area contributed by atoms with Crippen LogP contribution in [-0.2, 0) is 10.0 Å². The Morgan fingerprint density at radius 1 is 1.41 bits per heavy atom. The normalized spacial score (nSPS) is 19.2. The zero-order valence-corrected chi connectivity index (χ0v) is 12.0. The molecule has 17 heavy (non-hydrogen) atoms. The highest BCUT2D eigenvalue weighted by Crippen LogP contribution is 2.32. The van der Waals surface area contributed by atoms with Crippen molar-refractivity contribution in [1.82, 2.24) is 9.62 Å². The quantitative estimate of drug-likeness (QED) is 0.903. The fourth-order valence-corrected chi connectivity index (χ4v) is 5.09. The lowest BCUT2D eigenvalue weighted by Crippen LogP contribution is -2.33. The van der Waals surface area contributed by atoms with Gasteiger partial charge >= 0.3 is 0 Å². The minimum atomic E-state index is -3.36. The van der Waals surface area contributed by atoms with E-state index in [9.17, 15) is 8.42 Å². The van der Waals surface area contributed by atoms with Crippen molar-refractivity contribution in [2.24, 2.45) is 0 Å². The summed E-state index contributed by atoms with van der Waals surface area (Å²) >= 11 is 7.07. The first-order chi connectivity index (χ1) is 8.01. The van der Waals surface area contributed by atoms with E-state index in [4.69, 9.17) is 11.6 Å². The Hall–Kier alpha value is -0.140. The molecule has 1 saturated heterocycles. The van der Waals surface area contributed by atoms with Crippen molar-refractivity contribution >= 4 is 33.0 Å². The third kappa shape index (κ3) is 2.82. The second kappa shape index (κ2) is 5.24. The standard InChI is InChI=1S/C10H15ClN2O2S2/c1-8-7-9(16-10(8)11)17(14,15)13-5-2-3-12-4-6-13/h7,12H,2-6H2,1H3. The van der Waals surface area contributed by atoms with Gasteiger partial charge in [-0.25, -0.2) is 8.42 Å². The topological polar surface area (TPSA) is 49.4 Å². The Morgan fingerprint density at radius 2 is 2.18 bits per heavy atom. The molecule has 2 heterocycles. The van der Waals surface area contributed by atoms with E-state index in [1.165, 1.54) is 4.31 Å². The van der Waals surface area contributed by atoms with E-state index in [0.29, 0.717) is 28.2 Å². The van der Waals surface area contributed by atoms with Crippen LogP contribution < -0.4 is 5.32 Å². The highest BCUT2D eigenvalue weighted by atomic mass is 35.5. The van der Waals surface area contributed by atoms with Crippen molar-refractivity contribution in [2.75, 3.05) is 26.2 Å². The fourth-order valence-electron chi connectivity index (χ4n) is 1.75. The molecule has 96 valence electrons. The second-order valence-corrected chi connectivity index (χ2v) is 7.85. The number of rotatable bonds is 2. The van der Waals surface area contributed by atoms with Gasteiger partial charge in [-0.2, -0.15) is 4.31 Å². The molecule has 0 amide bonds. The molecule has 0 aliphatic carbocycles. The van der Waals surface area contributed by atoms with Gasteiger partial charge < -0.3 is 5.32 Å². The van der Waals surface area contributed by atoms with Crippen molar-refractivity contribution in [3.05, 3.63) is 16.0 Å². The average molecular weight is 295 g/mol. The summed E-state index contributed by atoms with van der Waals surface area (Å²) in [5.41, 5.74) is 0.822. The molecule has 2 rings (SSSR count). The summed E-state index contributed by atoms with van der Waals surface area (Å²) in [6, 6.07) is 1.65. The van der Waals surface area contributed by atoms with E-state index in [0.717, 1.165) is 29.9 Å². The number of nitrogens with zero attached hydrogens (tertiary/aromatic N) is 1. The Bertz CT molecular complexity index is 471. The van der Waals surface area contributed by atoms with Crippen LogP contribution in [0.4, 0.5) is 0 Å². The Labute approximate surface area is 111 Å². The van der Waals surface area contributed by atoms with Crippen molar-refractivity contribution in [3.8, 4) is 0 Å². The van der Waals surface area contributed by atoms with Crippen LogP contribution in [0.3, 0.4) is 0 Å². The Kier molecular flexibility index (Phi) is 4.10. The van der Waals surface area contributed by atoms with Crippen molar-refractivity contribution in [3.63, 3.8) is 0 Å². The molecule has 1 aliphatic heterocycles. The monoisotopic (exact) mass is 294 g/mol. The van der Waals surface area contributed by atoms with E-state index in [-0.39, 0.29) is 0 Å². The molecule has 0 saturated carbocycles. The second-order valence-electron chi connectivity index (χ2n) is 4.03.